The highest BCUT2D eigenvalue weighted by atomic mass is 32.1. The first kappa shape index (κ1) is 18.2. The molecule has 0 radical (unpaired) electrons. The van der Waals surface area contributed by atoms with E-state index >= 15 is 0 Å². The van der Waals surface area contributed by atoms with Crippen molar-refractivity contribution in [3.8, 4) is 0 Å². The third-order valence-electron chi connectivity index (χ3n) is 3.65. The highest BCUT2D eigenvalue weighted by molar-refractivity contribution is 7.12. The number of thiophene rings is 1. The van der Waals surface area contributed by atoms with E-state index in [0.29, 0.717) is 24.3 Å². The first-order valence-electron chi connectivity index (χ1n) is 8.08. The van der Waals surface area contributed by atoms with Gasteiger partial charge in [-0.25, -0.2) is 0 Å². The van der Waals surface area contributed by atoms with E-state index in [-0.39, 0.29) is 17.2 Å². The molecule has 24 heavy (non-hydrogen) atoms. The van der Waals surface area contributed by atoms with Crippen molar-refractivity contribution >= 4 is 28.8 Å². The van der Waals surface area contributed by atoms with Crippen LogP contribution in [-0.2, 0) is 10.2 Å². The summed E-state index contributed by atoms with van der Waals surface area (Å²) in [6, 6.07) is 11.6. The topological polar surface area (TPSA) is 58.2 Å². The lowest BCUT2D eigenvalue weighted by atomic mass is 9.87. The summed E-state index contributed by atoms with van der Waals surface area (Å²) in [6.07, 6.45) is 0.995. The summed E-state index contributed by atoms with van der Waals surface area (Å²) in [7, 11) is 0. The molecule has 0 unspecified atom stereocenters. The van der Waals surface area contributed by atoms with Gasteiger partial charge in [0.15, 0.2) is 0 Å². The summed E-state index contributed by atoms with van der Waals surface area (Å²) >= 11 is 1.41. The Bertz CT molecular complexity index is 670. The smallest absolute Gasteiger partial charge is 0.261 e. The van der Waals surface area contributed by atoms with Crippen molar-refractivity contribution in [2.75, 3.05) is 11.9 Å². The predicted molar refractivity (Wildman–Crippen MR) is 99.7 cm³/mol. The van der Waals surface area contributed by atoms with Gasteiger partial charge in [-0.15, -0.1) is 11.3 Å². The molecule has 0 spiro atoms. The summed E-state index contributed by atoms with van der Waals surface area (Å²) < 4.78 is 0. The second-order valence-electron chi connectivity index (χ2n) is 6.71. The molecule has 0 bridgehead atoms. The second-order valence-corrected chi connectivity index (χ2v) is 7.66. The van der Waals surface area contributed by atoms with Gasteiger partial charge in [0.25, 0.3) is 5.91 Å². The molecule has 1 aromatic carbocycles. The molecule has 0 aliphatic rings. The number of carbonyl (C=O) groups excluding carboxylic acids is 2. The normalized spacial score (nSPS) is 11.1. The number of rotatable bonds is 6. The fraction of sp³-hybridized carbons (Fsp3) is 0.368. The van der Waals surface area contributed by atoms with Gasteiger partial charge in [0.05, 0.1) is 4.88 Å². The minimum Gasteiger partial charge on any atom is -0.351 e. The van der Waals surface area contributed by atoms with Crippen LogP contribution in [0.15, 0.2) is 41.8 Å². The Morgan fingerprint density at radius 1 is 1.08 bits per heavy atom. The zero-order valence-corrected chi connectivity index (χ0v) is 15.2. The Hall–Kier alpha value is -2.14. The summed E-state index contributed by atoms with van der Waals surface area (Å²) in [5.74, 6) is -0.118. The van der Waals surface area contributed by atoms with E-state index in [1.807, 2.05) is 35.7 Å². The van der Waals surface area contributed by atoms with Crippen LogP contribution in [0.25, 0.3) is 0 Å². The Kier molecular flexibility index (Phi) is 6.15. The monoisotopic (exact) mass is 344 g/mol. The van der Waals surface area contributed by atoms with E-state index in [0.717, 1.165) is 5.69 Å². The molecule has 2 rings (SSSR count). The van der Waals surface area contributed by atoms with E-state index < -0.39 is 0 Å². The average molecular weight is 344 g/mol. The van der Waals surface area contributed by atoms with Crippen LogP contribution in [0.1, 0.15) is 48.8 Å². The molecule has 0 saturated heterocycles. The van der Waals surface area contributed by atoms with Gasteiger partial charge in [-0.3, -0.25) is 9.59 Å². The first-order chi connectivity index (χ1) is 11.4. The molecule has 0 aliphatic heterocycles. The van der Waals surface area contributed by atoms with Crippen molar-refractivity contribution in [3.05, 3.63) is 52.2 Å². The van der Waals surface area contributed by atoms with Crippen LogP contribution in [-0.4, -0.2) is 18.4 Å². The van der Waals surface area contributed by atoms with Gasteiger partial charge in [0.2, 0.25) is 5.91 Å². The Balaban J connectivity index is 1.70. The van der Waals surface area contributed by atoms with Gasteiger partial charge in [-0.05, 0) is 41.0 Å². The molecule has 0 atom stereocenters. The van der Waals surface area contributed by atoms with Crippen LogP contribution < -0.4 is 10.6 Å². The average Bonchev–Trinajstić information content (AvgIpc) is 3.05. The Morgan fingerprint density at radius 3 is 2.38 bits per heavy atom. The number of hydrogen-bond donors (Lipinski definition) is 2. The Morgan fingerprint density at radius 2 is 1.79 bits per heavy atom. The summed E-state index contributed by atoms with van der Waals surface area (Å²) in [5.41, 5.74) is 2.14. The van der Waals surface area contributed by atoms with Crippen LogP contribution in [0.5, 0.6) is 0 Å². The maximum absolute atomic E-state index is 11.9. The first-order valence-corrected chi connectivity index (χ1v) is 8.96. The van der Waals surface area contributed by atoms with E-state index in [2.05, 4.69) is 31.4 Å². The number of amides is 2. The number of nitrogens with one attached hydrogen (secondary N) is 2. The SMILES string of the molecule is CC(C)(C)c1ccc(NC(=O)CCCNC(=O)c2cccs2)cc1. The summed E-state index contributed by atoms with van der Waals surface area (Å²) in [4.78, 5) is 24.4. The van der Waals surface area contributed by atoms with E-state index in [1.165, 1.54) is 16.9 Å². The number of carbonyl (C=O) groups is 2. The minimum atomic E-state index is -0.0804. The number of hydrogen-bond acceptors (Lipinski definition) is 3. The van der Waals surface area contributed by atoms with Gasteiger partial charge in [0.1, 0.15) is 0 Å². The van der Waals surface area contributed by atoms with E-state index in [9.17, 15) is 9.59 Å². The van der Waals surface area contributed by atoms with Crippen molar-refractivity contribution < 1.29 is 9.59 Å². The van der Waals surface area contributed by atoms with E-state index in [4.69, 9.17) is 0 Å². The summed E-state index contributed by atoms with van der Waals surface area (Å²) in [6.45, 7) is 6.97. The van der Waals surface area contributed by atoms with Crippen LogP contribution in [0.4, 0.5) is 5.69 Å². The molecule has 128 valence electrons. The zero-order chi connectivity index (χ0) is 17.6. The molecule has 2 N–H and O–H groups in total. The minimum absolute atomic E-state index is 0.0381. The molecule has 5 heteroatoms. The van der Waals surface area contributed by atoms with Crippen molar-refractivity contribution in [2.45, 2.75) is 39.0 Å². The molecule has 2 aromatic rings. The highest BCUT2D eigenvalue weighted by Gasteiger charge is 2.13. The van der Waals surface area contributed by atoms with Crippen molar-refractivity contribution in [3.63, 3.8) is 0 Å². The molecular weight excluding hydrogens is 320 g/mol. The zero-order valence-electron chi connectivity index (χ0n) is 14.4. The maximum Gasteiger partial charge on any atom is 0.261 e. The van der Waals surface area contributed by atoms with Crippen molar-refractivity contribution in [1.29, 1.82) is 0 Å². The van der Waals surface area contributed by atoms with E-state index in [1.54, 1.807) is 6.07 Å². The van der Waals surface area contributed by atoms with Gasteiger partial charge in [-0.1, -0.05) is 39.0 Å². The predicted octanol–water partition coefficient (Wildman–Crippen LogP) is 4.19. The largest absolute Gasteiger partial charge is 0.351 e. The third-order valence-corrected chi connectivity index (χ3v) is 4.51. The second kappa shape index (κ2) is 8.11. The molecule has 4 nitrogen and oxygen atoms in total. The molecule has 1 heterocycles. The van der Waals surface area contributed by atoms with Crippen molar-refractivity contribution in [1.82, 2.24) is 5.32 Å². The van der Waals surface area contributed by atoms with Gasteiger partial charge < -0.3 is 10.6 Å². The number of anilines is 1. The van der Waals surface area contributed by atoms with Crippen LogP contribution >= 0.6 is 11.3 Å². The lowest BCUT2D eigenvalue weighted by Gasteiger charge is -2.19. The lowest BCUT2D eigenvalue weighted by Crippen LogP contribution is -2.24. The molecule has 1 aromatic heterocycles. The van der Waals surface area contributed by atoms with Gasteiger partial charge in [-0.2, -0.15) is 0 Å². The summed E-state index contributed by atoms with van der Waals surface area (Å²) in [5, 5.41) is 7.57. The molecule has 0 fully saturated rings. The molecule has 0 saturated carbocycles. The lowest BCUT2D eigenvalue weighted by molar-refractivity contribution is -0.116. The van der Waals surface area contributed by atoms with Gasteiger partial charge >= 0.3 is 0 Å². The quantitative estimate of drug-likeness (QED) is 0.772. The fourth-order valence-corrected chi connectivity index (χ4v) is 2.86. The molecular formula is C19H24N2O2S. The molecule has 0 aliphatic carbocycles. The van der Waals surface area contributed by atoms with Gasteiger partial charge in [0, 0.05) is 18.7 Å². The standard InChI is InChI=1S/C19H24N2O2S/c1-19(2,3)14-8-10-15(11-9-14)21-17(22)7-4-12-20-18(23)16-6-5-13-24-16/h5-6,8-11,13H,4,7,12H2,1-3H3,(H,20,23)(H,21,22). The fourth-order valence-electron chi connectivity index (χ4n) is 2.22. The number of benzene rings is 1. The molecule has 2 amide bonds. The third kappa shape index (κ3) is 5.49. The van der Waals surface area contributed by atoms with Crippen LogP contribution in [0, 0.1) is 0 Å². The van der Waals surface area contributed by atoms with Crippen molar-refractivity contribution in [2.24, 2.45) is 0 Å². The Labute approximate surface area is 147 Å². The van der Waals surface area contributed by atoms with Crippen LogP contribution in [0.3, 0.4) is 0 Å². The highest BCUT2D eigenvalue weighted by Crippen LogP contribution is 2.23. The van der Waals surface area contributed by atoms with Crippen LogP contribution in [0.2, 0.25) is 0 Å². The maximum atomic E-state index is 11.9.